The van der Waals surface area contributed by atoms with Crippen LogP contribution in [0.5, 0.6) is 0 Å². The Bertz CT molecular complexity index is 517. The van der Waals surface area contributed by atoms with Crippen molar-refractivity contribution < 1.29 is 0 Å². The molecule has 2 fully saturated rings. The predicted molar refractivity (Wildman–Crippen MR) is 111 cm³/mol. The molecule has 1 aromatic rings. The van der Waals surface area contributed by atoms with E-state index in [9.17, 15) is 0 Å². The van der Waals surface area contributed by atoms with Crippen LogP contribution in [0.4, 0.5) is 5.82 Å². The fourth-order valence-electron chi connectivity index (χ4n) is 3.33. The van der Waals surface area contributed by atoms with Crippen LogP contribution < -0.4 is 10.6 Å². The highest BCUT2D eigenvalue weighted by atomic mass is 127. The summed E-state index contributed by atoms with van der Waals surface area (Å²) in [7, 11) is 0. The first-order valence-electron chi connectivity index (χ1n) is 8.97. The molecule has 0 bridgehead atoms. The molecule has 0 atom stereocenters. The Kier molecular flexibility index (Phi) is 7.58. The van der Waals surface area contributed by atoms with Crippen molar-refractivity contribution in [2.45, 2.75) is 45.6 Å². The number of piperidine rings is 2. The summed E-state index contributed by atoms with van der Waals surface area (Å²) in [4.78, 5) is 13.7. The lowest BCUT2D eigenvalue weighted by molar-refractivity contribution is 0.338. The Morgan fingerprint density at radius 3 is 2.50 bits per heavy atom. The van der Waals surface area contributed by atoms with Crippen molar-refractivity contribution in [2.75, 3.05) is 31.1 Å². The summed E-state index contributed by atoms with van der Waals surface area (Å²) in [5, 5.41) is 0. The number of likely N-dealkylation sites (tertiary alicyclic amines) is 1. The van der Waals surface area contributed by atoms with E-state index in [0.717, 1.165) is 43.5 Å². The Morgan fingerprint density at radius 1 is 1.17 bits per heavy atom. The molecule has 6 heteroatoms. The molecule has 0 aliphatic carbocycles. The second kappa shape index (κ2) is 9.44. The smallest absolute Gasteiger partial charge is 0.191 e. The van der Waals surface area contributed by atoms with Crippen LogP contribution in [-0.4, -0.2) is 42.0 Å². The molecule has 0 saturated carbocycles. The number of pyridine rings is 1. The van der Waals surface area contributed by atoms with E-state index in [0.29, 0.717) is 12.5 Å². The van der Waals surface area contributed by atoms with Gasteiger partial charge in [-0.05, 0) is 49.7 Å². The third-order valence-electron chi connectivity index (χ3n) is 5.02. The van der Waals surface area contributed by atoms with E-state index in [2.05, 4.69) is 38.8 Å². The van der Waals surface area contributed by atoms with Gasteiger partial charge in [0.2, 0.25) is 0 Å². The van der Waals surface area contributed by atoms with Gasteiger partial charge in [0.05, 0.1) is 6.54 Å². The van der Waals surface area contributed by atoms with E-state index in [-0.39, 0.29) is 24.0 Å². The van der Waals surface area contributed by atoms with E-state index in [1.807, 2.05) is 6.20 Å². The van der Waals surface area contributed by atoms with Gasteiger partial charge in [-0.2, -0.15) is 0 Å². The standard InChI is InChI=1S/C18H29N5.HI/c1-15-7-11-22(12-8-15)17-6-5-16(13-20-17)14-21-18(19)23-9-3-2-4-10-23;/h5-6,13,15H,2-4,7-12,14H2,1H3,(H2,19,21);1H. The molecule has 24 heavy (non-hydrogen) atoms. The van der Waals surface area contributed by atoms with Gasteiger partial charge in [-0.25, -0.2) is 9.98 Å². The monoisotopic (exact) mass is 443 g/mol. The highest BCUT2D eigenvalue weighted by molar-refractivity contribution is 14.0. The van der Waals surface area contributed by atoms with Crippen LogP contribution in [0.15, 0.2) is 23.3 Å². The van der Waals surface area contributed by atoms with Crippen molar-refractivity contribution in [1.29, 1.82) is 0 Å². The first kappa shape index (κ1) is 19.3. The molecule has 2 aliphatic rings. The summed E-state index contributed by atoms with van der Waals surface area (Å²) >= 11 is 0. The number of halogens is 1. The van der Waals surface area contributed by atoms with Gasteiger partial charge in [-0.1, -0.05) is 13.0 Å². The highest BCUT2D eigenvalue weighted by Crippen LogP contribution is 2.21. The van der Waals surface area contributed by atoms with Crippen LogP contribution in [0, 0.1) is 5.92 Å². The van der Waals surface area contributed by atoms with Gasteiger partial charge in [0.15, 0.2) is 5.96 Å². The number of nitrogens with two attached hydrogens (primary N) is 1. The molecule has 1 aromatic heterocycles. The van der Waals surface area contributed by atoms with Gasteiger partial charge in [0.25, 0.3) is 0 Å². The lowest BCUT2D eigenvalue weighted by atomic mass is 9.99. The van der Waals surface area contributed by atoms with Crippen molar-refractivity contribution in [1.82, 2.24) is 9.88 Å². The molecule has 2 aliphatic heterocycles. The molecule has 0 unspecified atom stereocenters. The summed E-state index contributed by atoms with van der Waals surface area (Å²) in [6.45, 7) is 7.27. The highest BCUT2D eigenvalue weighted by Gasteiger charge is 2.16. The van der Waals surface area contributed by atoms with Crippen molar-refractivity contribution in [3.63, 3.8) is 0 Å². The Labute approximate surface area is 162 Å². The zero-order chi connectivity index (χ0) is 16.1. The number of hydrogen-bond donors (Lipinski definition) is 1. The van der Waals surface area contributed by atoms with Gasteiger partial charge in [0, 0.05) is 32.4 Å². The maximum absolute atomic E-state index is 6.10. The zero-order valence-corrected chi connectivity index (χ0v) is 17.0. The molecular weight excluding hydrogens is 413 g/mol. The average molecular weight is 443 g/mol. The molecule has 0 aromatic carbocycles. The largest absolute Gasteiger partial charge is 0.370 e. The van der Waals surface area contributed by atoms with Crippen molar-refractivity contribution in [3.05, 3.63) is 23.9 Å². The fraction of sp³-hybridized carbons (Fsp3) is 0.667. The van der Waals surface area contributed by atoms with E-state index in [1.54, 1.807) is 0 Å². The lowest BCUT2D eigenvalue weighted by Crippen LogP contribution is -2.40. The SMILES string of the molecule is CC1CCN(c2ccc(CN=C(N)N3CCCCC3)cn2)CC1.I. The minimum absolute atomic E-state index is 0. The van der Waals surface area contributed by atoms with Crippen LogP contribution in [0.1, 0.15) is 44.6 Å². The Balaban J connectivity index is 0.00000208. The van der Waals surface area contributed by atoms with E-state index < -0.39 is 0 Å². The molecule has 2 N–H and O–H groups in total. The van der Waals surface area contributed by atoms with Crippen molar-refractivity contribution in [3.8, 4) is 0 Å². The second-order valence-electron chi connectivity index (χ2n) is 6.92. The average Bonchev–Trinajstić information content (AvgIpc) is 2.61. The quantitative estimate of drug-likeness (QED) is 0.443. The summed E-state index contributed by atoms with van der Waals surface area (Å²) in [6, 6.07) is 4.26. The van der Waals surface area contributed by atoms with E-state index in [1.165, 1.54) is 32.1 Å². The molecule has 0 radical (unpaired) electrons. The normalized spacial score (nSPS) is 20.0. The molecule has 5 nitrogen and oxygen atoms in total. The van der Waals surface area contributed by atoms with Crippen LogP contribution in [0.25, 0.3) is 0 Å². The van der Waals surface area contributed by atoms with Gasteiger partial charge in [-0.3, -0.25) is 0 Å². The first-order valence-corrected chi connectivity index (χ1v) is 8.97. The number of guanidine groups is 1. The topological polar surface area (TPSA) is 57.8 Å². The van der Waals surface area contributed by atoms with Crippen molar-refractivity contribution >= 4 is 35.8 Å². The lowest BCUT2D eigenvalue weighted by Gasteiger charge is -2.31. The maximum Gasteiger partial charge on any atom is 0.191 e. The second-order valence-corrected chi connectivity index (χ2v) is 6.92. The number of rotatable bonds is 3. The van der Waals surface area contributed by atoms with Gasteiger partial charge in [-0.15, -0.1) is 24.0 Å². The predicted octanol–water partition coefficient (Wildman–Crippen LogP) is 3.24. The molecule has 0 spiro atoms. The summed E-state index contributed by atoms with van der Waals surface area (Å²) in [5.74, 6) is 2.62. The molecule has 3 rings (SSSR count). The summed E-state index contributed by atoms with van der Waals surface area (Å²) in [6.07, 6.45) is 8.23. The molecular formula is C18H30IN5. The minimum atomic E-state index is 0. The molecule has 3 heterocycles. The maximum atomic E-state index is 6.10. The van der Waals surface area contributed by atoms with E-state index in [4.69, 9.17) is 5.73 Å². The molecule has 134 valence electrons. The number of hydrogen-bond acceptors (Lipinski definition) is 3. The zero-order valence-electron chi connectivity index (χ0n) is 14.7. The number of anilines is 1. The van der Waals surface area contributed by atoms with Crippen LogP contribution >= 0.6 is 24.0 Å². The van der Waals surface area contributed by atoms with Crippen LogP contribution in [0.2, 0.25) is 0 Å². The molecule has 0 amide bonds. The van der Waals surface area contributed by atoms with Gasteiger partial charge in [0.1, 0.15) is 5.82 Å². The number of aromatic nitrogens is 1. The minimum Gasteiger partial charge on any atom is -0.370 e. The Morgan fingerprint density at radius 2 is 1.88 bits per heavy atom. The van der Waals surface area contributed by atoms with E-state index >= 15 is 0 Å². The third-order valence-corrected chi connectivity index (χ3v) is 5.02. The van der Waals surface area contributed by atoms with Gasteiger partial charge >= 0.3 is 0 Å². The number of aliphatic imine (C=N–C) groups is 1. The number of nitrogens with zero attached hydrogens (tertiary/aromatic N) is 4. The Hall–Kier alpha value is -1.05. The summed E-state index contributed by atoms with van der Waals surface area (Å²) in [5.41, 5.74) is 7.23. The van der Waals surface area contributed by atoms with Crippen molar-refractivity contribution in [2.24, 2.45) is 16.6 Å². The van der Waals surface area contributed by atoms with Crippen LogP contribution in [-0.2, 0) is 6.54 Å². The third kappa shape index (κ3) is 5.22. The van der Waals surface area contributed by atoms with Crippen LogP contribution in [0.3, 0.4) is 0 Å². The molecule has 2 saturated heterocycles. The fourth-order valence-corrected chi connectivity index (χ4v) is 3.33. The summed E-state index contributed by atoms with van der Waals surface area (Å²) < 4.78 is 0. The first-order chi connectivity index (χ1) is 11.2. The van der Waals surface area contributed by atoms with Gasteiger partial charge < -0.3 is 15.5 Å².